The molecule has 2 fully saturated rings. The first-order chi connectivity index (χ1) is 14.3. The van der Waals surface area contributed by atoms with E-state index in [9.17, 15) is 0 Å². The fourth-order valence-corrected chi connectivity index (χ4v) is 5.39. The van der Waals surface area contributed by atoms with Gasteiger partial charge >= 0.3 is 0 Å². The predicted octanol–water partition coefficient (Wildman–Crippen LogP) is 4.54. The number of rotatable bonds is 5. The van der Waals surface area contributed by atoms with Crippen LogP contribution in [0.4, 0.5) is 5.82 Å². The number of piperidine rings is 1. The van der Waals surface area contributed by atoms with Crippen LogP contribution in [0.3, 0.4) is 0 Å². The lowest BCUT2D eigenvalue weighted by Crippen LogP contribution is -2.38. The zero-order chi connectivity index (χ0) is 19.5. The smallest absolute Gasteiger partial charge is 0.185 e. The lowest BCUT2D eigenvalue weighted by molar-refractivity contribution is 0.145. The summed E-state index contributed by atoms with van der Waals surface area (Å²) in [5, 5.41) is 8.81. The van der Waals surface area contributed by atoms with Crippen molar-refractivity contribution in [3.8, 4) is 0 Å². The molecular formula is C24H34N4O. The van der Waals surface area contributed by atoms with E-state index in [1.54, 1.807) is 0 Å². The van der Waals surface area contributed by atoms with Crippen LogP contribution in [0.25, 0.3) is 11.0 Å². The topological polar surface area (TPSA) is 44.5 Å². The van der Waals surface area contributed by atoms with Crippen LogP contribution in [0.1, 0.15) is 50.5 Å². The predicted molar refractivity (Wildman–Crippen MR) is 118 cm³/mol. The Morgan fingerprint density at radius 2 is 1.90 bits per heavy atom. The average molecular weight is 395 g/mol. The second-order valence-electron chi connectivity index (χ2n) is 9.26. The fraction of sp³-hybridized carbons (Fsp3) is 0.625. The third kappa shape index (κ3) is 4.51. The largest absolute Gasteiger partial charge is 0.354 e. The van der Waals surface area contributed by atoms with E-state index in [2.05, 4.69) is 50.7 Å². The Labute approximate surface area is 174 Å². The Morgan fingerprint density at radius 1 is 1.03 bits per heavy atom. The molecule has 1 saturated carbocycles. The summed E-state index contributed by atoms with van der Waals surface area (Å²) >= 11 is 0. The zero-order valence-corrected chi connectivity index (χ0v) is 17.5. The van der Waals surface area contributed by atoms with Gasteiger partial charge in [0.1, 0.15) is 0 Å². The highest BCUT2D eigenvalue weighted by Gasteiger charge is 2.23. The molecule has 1 aromatic heterocycles. The van der Waals surface area contributed by atoms with Crippen LogP contribution in [0, 0.1) is 11.8 Å². The Hall–Kier alpha value is -1.85. The van der Waals surface area contributed by atoms with Gasteiger partial charge in [-0.15, -0.1) is 0 Å². The minimum atomic E-state index is 0.780. The van der Waals surface area contributed by atoms with Crippen molar-refractivity contribution < 1.29 is 4.52 Å². The van der Waals surface area contributed by atoms with Crippen LogP contribution in [-0.2, 0) is 6.42 Å². The molecule has 1 aromatic carbocycles. The first-order valence-corrected chi connectivity index (χ1v) is 11.6. The molecule has 0 bridgehead atoms. The van der Waals surface area contributed by atoms with Gasteiger partial charge in [-0.1, -0.05) is 36.6 Å². The van der Waals surface area contributed by atoms with Crippen molar-refractivity contribution in [3.05, 3.63) is 36.0 Å². The first kappa shape index (κ1) is 19.1. The summed E-state index contributed by atoms with van der Waals surface area (Å²) in [5.41, 5.74) is 2.30. The van der Waals surface area contributed by atoms with Crippen LogP contribution in [0.5, 0.6) is 0 Å². The molecule has 3 heterocycles. The number of fused-ring (bicyclic) bond motifs is 1. The summed E-state index contributed by atoms with van der Waals surface area (Å²) in [6, 6.07) is 6.63. The molecule has 2 aliphatic heterocycles. The lowest BCUT2D eigenvalue weighted by atomic mass is 9.86. The molecule has 1 aliphatic carbocycles. The molecule has 3 aliphatic rings. The normalized spacial score (nSPS) is 22.6. The van der Waals surface area contributed by atoms with Gasteiger partial charge in [0.15, 0.2) is 11.4 Å². The van der Waals surface area contributed by atoms with E-state index in [1.807, 2.05) is 0 Å². The molecule has 0 unspecified atom stereocenters. The van der Waals surface area contributed by atoms with Crippen molar-refractivity contribution in [3.63, 3.8) is 0 Å². The van der Waals surface area contributed by atoms with Gasteiger partial charge in [-0.05, 0) is 74.7 Å². The molecule has 2 aromatic rings. The van der Waals surface area contributed by atoms with Crippen molar-refractivity contribution in [1.29, 1.82) is 0 Å². The van der Waals surface area contributed by atoms with E-state index in [4.69, 9.17) is 4.52 Å². The summed E-state index contributed by atoms with van der Waals surface area (Å²) in [5.74, 6) is 2.69. The number of likely N-dealkylation sites (tertiary alicyclic amines) is 1. The molecule has 1 N–H and O–H groups in total. The molecule has 29 heavy (non-hydrogen) atoms. The number of aromatic nitrogens is 1. The van der Waals surface area contributed by atoms with E-state index < -0.39 is 0 Å². The second-order valence-corrected chi connectivity index (χ2v) is 9.26. The van der Waals surface area contributed by atoms with Gasteiger partial charge in [0.2, 0.25) is 0 Å². The minimum Gasteiger partial charge on any atom is -0.354 e. The van der Waals surface area contributed by atoms with E-state index in [-0.39, 0.29) is 0 Å². The van der Waals surface area contributed by atoms with Gasteiger partial charge in [0.05, 0.1) is 12.1 Å². The Bertz CT molecular complexity index is 831. The number of benzene rings is 1. The van der Waals surface area contributed by atoms with Crippen LogP contribution < -0.4 is 10.2 Å². The molecule has 5 heteroatoms. The first-order valence-electron chi connectivity index (χ1n) is 11.6. The van der Waals surface area contributed by atoms with Gasteiger partial charge in [0.25, 0.3) is 0 Å². The maximum atomic E-state index is 5.57. The third-order valence-electron chi connectivity index (χ3n) is 7.09. The summed E-state index contributed by atoms with van der Waals surface area (Å²) in [7, 11) is 0. The number of nitrogens with one attached hydrogen (secondary N) is 1. The molecule has 5 nitrogen and oxygen atoms in total. The average Bonchev–Trinajstić information content (AvgIpc) is 3.20. The highest BCUT2D eigenvalue weighted by atomic mass is 16.5. The third-order valence-corrected chi connectivity index (χ3v) is 7.09. The maximum absolute atomic E-state index is 5.57. The Balaban J connectivity index is 1.19. The molecule has 0 atom stereocenters. The summed E-state index contributed by atoms with van der Waals surface area (Å²) < 4.78 is 5.57. The van der Waals surface area contributed by atoms with Crippen molar-refractivity contribution in [2.45, 2.75) is 51.4 Å². The second kappa shape index (κ2) is 8.88. The van der Waals surface area contributed by atoms with Gasteiger partial charge in [-0.2, -0.15) is 0 Å². The van der Waals surface area contributed by atoms with Crippen LogP contribution in [0.2, 0.25) is 0 Å². The number of anilines is 1. The molecule has 0 spiro atoms. The standard InChI is InChI=1S/C24H34N4O/c1-2-5-20(6-3-1)17-27-13-9-19(10-14-27)15-21-7-8-23-22(16-21)24(26-29-23)28-12-4-11-25-18-28/h4,7-8,12,16,19-20,25H,1-3,5-6,9-11,13-15,17-18H2. The molecule has 0 radical (unpaired) electrons. The molecule has 0 amide bonds. The highest BCUT2D eigenvalue weighted by molar-refractivity contribution is 5.89. The van der Waals surface area contributed by atoms with Gasteiger partial charge in [-0.25, -0.2) is 0 Å². The van der Waals surface area contributed by atoms with Crippen molar-refractivity contribution in [2.75, 3.05) is 37.7 Å². The minimum absolute atomic E-state index is 0.780. The van der Waals surface area contributed by atoms with Gasteiger partial charge in [-0.3, -0.25) is 5.32 Å². The van der Waals surface area contributed by atoms with E-state index in [1.165, 1.54) is 76.6 Å². The van der Waals surface area contributed by atoms with Crippen LogP contribution >= 0.6 is 0 Å². The van der Waals surface area contributed by atoms with Crippen molar-refractivity contribution >= 4 is 16.8 Å². The van der Waals surface area contributed by atoms with E-state index in [0.717, 1.165) is 41.8 Å². The van der Waals surface area contributed by atoms with E-state index in [0.29, 0.717) is 0 Å². The van der Waals surface area contributed by atoms with Crippen molar-refractivity contribution in [2.24, 2.45) is 11.8 Å². The van der Waals surface area contributed by atoms with Crippen LogP contribution in [-0.4, -0.2) is 42.9 Å². The maximum Gasteiger partial charge on any atom is 0.185 e. The molecule has 156 valence electrons. The number of hydrogen-bond acceptors (Lipinski definition) is 5. The quantitative estimate of drug-likeness (QED) is 0.806. The number of nitrogens with zero attached hydrogens (tertiary/aromatic N) is 3. The number of hydrogen-bond donors (Lipinski definition) is 1. The highest BCUT2D eigenvalue weighted by Crippen LogP contribution is 2.31. The van der Waals surface area contributed by atoms with Crippen molar-refractivity contribution in [1.82, 2.24) is 15.4 Å². The molecule has 5 rings (SSSR count). The molecule has 1 saturated heterocycles. The SMILES string of the molecule is C1=CN(c2noc3ccc(CC4CCN(CC5CCCCC5)CC4)cc23)CNC1. The summed E-state index contributed by atoms with van der Waals surface area (Å²) in [6.45, 7) is 5.61. The van der Waals surface area contributed by atoms with Gasteiger partial charge in [0, 0.05) is 19.3 Å². The van der Waals surface area contributed by atoms with Gasteiger partial charge < -0.3 is 14.3 Å². The van der Waals surface area contributed by atoms with E-state index >= 15 is 0 Å². The Morgan fingerprint density at radius 3 is 2.69 bits per heavy atom. The summed E-state index contributed by atoms with van der Waals surface area (Å²) in [6.07, 6.45) is 15.4. The zero-order valence-electron chi connectivity index (χ0n) is 17.5. The monoisotopic (exact) mass is 394 g/mol. The lowest BCUT2D eigenvalue weighted by Gasteiger charge is -2.35. The Kier molecular flexibility index (Phi) is 5.86. The fourth-order valence-electron chi connectivity index (χ4n) is 5.39. The van der Waals surface area contributed by atoms with Crippen LogP contribution in [0.15, 0.2) is 35.0 Å². The molecular weight excluding hydrogens is 360 g/mol. The summed E-state index contributed by atoms with van der Waals surface area (Å²) in [4.78, 5) is 4.87.